The van der Waals surface area contributed by atoms with Gasteiger partial charge < -0.3 is 9.80 Å². The number of thiazole rings is 1. The molecule has 1 amide bonds. The average molecular weight is 457 g/mol. The van der Waals surface area contributed by atoms with Gasteiger partial charge in [0.05, 0.1) is 22.8 Å². The van der Waals surface area contributed by atoms with Crippen LogP contribution in [0.15, 0.2) is 84.9 Å². The van der Waals surface area contributed by atoms with E-state index in [4.69, 9.17) is 0 Å². The molecule has 3 aromatic carbocycles. The van der Waals surface area contributed by atoms with E-state index in [9.17, 15) is 4.79 Å². The van der Waals surface area contributed by atoms with E-state index in [1.165, 1.54) is 11.1 Å². The number of amides is 1. The summed E-state index contributed by atoms with van der Waals surface area (Å²) in [5, 5.41) is 0.886. The Kier molecular flexibility index (Phi) is 6.37. The molecule has 1 fully saturated rings. The van der Waals surface area contributed by atoms with Gasteiger partial charge in [-0.15, -0.1) is 0 Å². The Hall–Kier alpha value is -3.22. The minimum Gasteiger partial charge on any atom is -0.342 e. The molecule has 0 N–H and O–H groups in total. The van der Waals surface area contributed by atoms with Gasteiger partial charge in [0.25, 0.3) is 0 Å². The molecule has 168 valence electrons. The zero-order valence-electron chi connectivity index (χ0n) is 18.8. The third-order valence-electron chi connectivity index (χ3n) is 6.24. The third-order valence-corrected chi connectivity index (χ3v) is 7.39. The van der Waals surface area contributed by atoms with Gasteiger partial charge in [-0.25, -0.2) is 4.98 Å². The van der Waals surface area contributed by atoms with E-state index >= 15 is 0 Å². The first-order valence-corrected chi connectivity index (χ1v) is 12.2. The number of benzene rings is 3. The lowest BCUT2D eigenvalue weighted by Crippen LogP contribution is -2.51. The van der Waals surface area contributed by atoms with Crippen molar-refractivity contribution >= 4 is 32.6 Å². The molecular weight excluding hydrogens is 428 g/mol. The number of aromatic nitrogens is 1. The highest BCUT2D eigenvalue weighted by atomic mass is 32.1. The van der Waals surface area contributed by atoms with Gasteiger partial charge in [0.2, 0.25) is 5.91 Å². The number of hydrogen-bond acceptors (Lipinski definition) is 5. The maximum atomic E-state index is 13.1. The Labute approximate surface area is 198 Å². The van der Waals surface area contributed by atoms with E-state index < -0.39 is 0 Å². The van der Waals surface area contributed by atoms with Gasteiger partial charge in [-0.1, -0.05) is 84.1 Å². The quantitative estimate of drug-likeness (QED) is 0.423. The van der Waals surface area contributed by atoms with E-state index in [1.807, 2.05) is 35.0 Å². The molecule has 5 rings (SSSR count). The molecule has 33 heavy (non-hydrogen) atoms. The summed E-state index contributed by atoms with van der Waals surface area (Å²) in [4.78, 5) is 24.2. The Morgan fingerprint density at radius 3 is 2.06 bits per heavy atom. The number of fused-ring (bicyclic) bond motifs is 1. The lowest BCUT2D eigenvalue weighted by atomic mass is 9.96. The topological polar surface area (TPSA) is 39.7 Å². The fraction of sp³-hybridized carbons (Fsp3) is 0.259. The van der Waals surface area contributed by atoms with Crippen molar-refractivity contribution in [3.8, 4) is 0 Å². The van der Waals surface area contributed by atoms with Crippen LogP contribution in [0, 0.1) is 0 Å². The van der Waals surface area contributed by atoms with Crippen LogP contribution in [0.25, 0.3) is 10.2 Å². The number of likely N-dealkylation sites (N-methyl/N-ethyl adjacent to an activating group) is 1. The van der Waals surface area contributed by atoms with Gasteiger partial charge in [-0.2, -0.15) is 0 Å². The predicted molar refractivity (Wildman–Crippen MR) is 136 cm³/mol. The van der Waals surface area contributed by atoms with Crippen molar-refractivity contribution < 1.29 is 4.79 Å². The van der Waals surface area contributed by atoms with Gasteiger partial charge in [0, 0.05) is 33.2 Å². The first kappa shape index (κ1) is 21.6. The number of anilines is 1. The molecule has 5 nitrogen and oxygen atoms in total. The number of carbonyl (C=O) groups is 1. The highest BCUT2D eigenvalue weighted by Crippen LogP contribution is 2.30. The maximum Gasteiger partial charge on any atom is 0.242 e. The van der Waals surface area contributed by atoms with Gasteiger partial charge in [-0.3, -0.25) is 9.69 Å². The van der Waals surface area contributed by atoms with Gasteiger partial charge >= 0.3 is 0 Å². The number of para-hydroxylation sites is 1. The van der Waals surface area contributed by atoms with E-state index in [0.29, 0.717) is 6.54 Å². The Morgan fingerprint density at radius 1 is 0.879 bits per heavy atom. The molecule has 1 aliphatic rings. The summed E-state index contributed by atoms with van der Waals surface area (Å²) in [5.74, 6) is 0.160. The first-order valence-electron chi connectivity index (χ1n) is 11.4. The van der Waals surface area contributed by atoms with Crippen LogP contribution in [0.5, 0.6) is 0 Å². The Bertz CT molecular complexity index is 1130. The van der Waals surface area contributed by atoms with Crippen LogP contribution in [-0.2, 0) is 4.79 Å². The maximum absolute atomic E-state index is 13.1. The largest absolute Gasteiger partial charge is 0.342 e. The lowest BCUT2D eigenvalue weighted by molar-refractivity contribution is -0.131. The van der Waals surface area contributed by atoms with Crippen LogP contribution < -0.4 is 4.90 Å². The Balaban J connectivity index is 1.24. The molecule has 1 aliphatic heterocycles. The normalized spacial score (nSPS) is 14.7. The zero-order chi connectivity index (χ0) is 22.6. The van der Waals surface area contributed by atoms with Crippen molar-refractivity contribution in [3.05, 3.63) is 96.1 Å². The smallest absolute Gasteiger partial charge is 0.242 e. The summed E-state index contributed by atoms with van der Waals surface area (Å²) in [6.07, 6.45) is 0. The molecule has 0 aliphatic carbocycles. The summed E-state index contributed by atoms with van der Waals surface area (Å²) in [5.41, 5.74) is 3.57. The van der Waals surface area contributed by atoms with Crippen molar-refractivity contribution in [2.45, 2.75) is 6.04 Å². The van der Waals surface area contributed by atoms with E-state index in [2.05, 4.69) is 76.6 Å². The van der Waals surface area contributed by atoms with E-state index in [-0.39, 0.29) is 11.9 Å². The standard InChI is InChI=1S/C27H28N4OS/c1-29(27-28-23-14-8-9-15-24(23)33-27)20-25(32)30-16-18-31(19-17-30)26(21-10-4-2-5-11-21)22-12-6-3-7-13-22/h2-15,26H,16-20H2,1H3. The molecule has 0 unspecified atom stereocenters. The number of piperazine rings is 1. The van der Waals surface area contributed by atoms with Crippen LogP contribution in [-0.4, -0.2) is 60.5 Å². The molecule has 0 spiro atoms. The second-order valence-corrected chi connectivity index (χ2v) is 9.47. The molecule has 1 aromatic heterocycles. The highest BCUT2D eigenvalue weighted by molar-refractivity contribution is 7.22. The summed E-state index contributed by atoms with van der Waals surface area (Å²) < 4.78 is 1.15. The fourth-order valence-electron chi connectivity index (χ4n) is 4.51. The summed E-state index contributed by atoms with van der Waals surface area (Å²) in [6.45, 7) is 3.53. The van der Waals surface area contributed by atoms with Crippen molar-refractivity contribution in [1.82, 2.24) is 14.8 Å². The summed E-state index contributed by atoms with van der Waals surface area (Å²) in [6, 6.07) is 29.6. The van der Waals surface area contributed by atoms with Gasteiger partial charge in [0.1, 0.15) is 0 Å². The highest BCUT2D eigenvalue weighted by Gasteiger charge is 2.28. The predicted octanol–water partition coefficient (Wildman–Crippen LogP) is 4.67. The molecule has 1 saturated heterocycles. The van der Waals surface area contributed by atoms with Crippen LogP contribution in [0.3, 0.4) is 0 Å². The minimum absolute atomic E-state index is 0.160. The SMILES string of the molecule is CN(CC(=O)N1CCN(C(c2ccccc2)c2ccccc2)CC1)c1nc2ccccc2s1. The van der Waals surface area contributed by atoms with E-state index in [0.717, 1.165) is 41.5 Å². The molecule has 2 heterocycles. The second-order valence-electron chi connectivity index (χ2n) is 8.46. The molecule has 0 radical (unpaired) electrons. The van der Waals surface area contributed by atoms with Gasteiger partial charge in [0.15, 0.2) is 5.13 Å². The number of carbonyl (C=O) groups excluding carboxylic acids is 1. The molecule has 0 saturated carbocycles. The lowest BCUT2D eigenvalue weighted by Gasteiger charge is -2.40. The Morgan fingerprint density at radius 2 is 1.45 bits per heavy atom. The molecule has 6 heteroatoms. The van der Waals surface area contributed by atoms with Crippen LogP contribution in [0.1, 0.15) is 17.2 Å². The third kappa shape index (κ3) is 4.77. The summed E-state index contributed by atoms with van der Waals surface area (Å²) >= 11 is 1.63. The zero-order valence-corrected chi connectivity index (χ0v) is 19.6. The van der Waals surface area contributed by atoms with Gasteiger partial charge in [-0.05, 0) is 23.3 Å². The molecular formula is C27H28N4OS. The van der Waals surface area contributed by atoms with Crippen LogP contribution >= 0.6 is 11.3 Å². The number of nitrogens with zero attached hydrogens (tertiary/aromatic N) is 4. The van der Waals surface area contributed by atoms with Crippen LogP contribution in [0.4, 0.5) is 5.13 Å². The molecule has 0 bridgehead atoms. The number of hydrogen-bond donors (Lipinski definition) is 0. The van der Waals surface area contributed by atoms with Crippen molar-refractivity contribution in [3.63, 3.8) is 0 Å². The van der Waals surface area contributed by atoms with Crippen molar-refractivity contribution in [2.24, 2.45) is 0 Å². The monoisotopic (exact) mass is 456 g/mol. The molecule has 4 aromatic rings. The van der Waals surface area contributed by atoms with Crippen molar-refractivity contribution in [1.29, 1.82) is 0 Å². The summed E-state index contributed by atoms with van der Waals surface area (Å²) in [7, 11) is 1.95. The average Bonchev–Trinajstić information content (AvgIpc) is 3.31. The van der Waals surface area contributed by atoms with Crippen LogP contribution in [0.2, 0.25) is 0 Å². The minimum atomic E-state index is 0.160. The first-order chi connectivity index (χ1) is 16.2. The second kappa shape index (κ2) is 9.73. The number of rotatable bonds is 6. The fourth-order valence-corrected chi connectivity index (χ4v) is 5.43. The van der Waals surface area contributed by atoms with E-state index in [1.54, 1.807) is 11.3 Å². The van der Waals surface area contributed by atoms with Crippen molar-refractivity contribution in [2.75, 3.05) is 44.7 Å². The molecule has 0 atom stereocenters.